The fraction of sp³-hybridized carbons (Fsp3) is 0.727. The van der Waals surface area contributed by atoms with Gasteiger partial charge < -0.3 is 4.42 Å². The van der Waals surface area contributed by atoms with Gasteiger partial charge in [0.2, 0.25) is 5.89 Å². The van der Waals surface area contributed by atoms with Crippen LogP contribution in [0.1, 0.15) is 43.3 Å². The molecule has 0 aliphatic heterocycles. The predicted octanol–water partition coefficient (Wildman–Crippen LogP) is 3.32. The largest absolute Gasteiger partial charge is 0.444 e. The zero-order valence-corrected chi connectivity index (χ0v) is 8.83. The van der Waals surface area contributed by atoms with E-state index in [1.165, 1.54) is 25.7 Å². The quantitative estimate of drug-likeness (QED) is 0.702. The zero-order chi connectivity index (χ0) is 9.54. The van der Waals surface area contributed by atoms with Crippen molar-refractivity contribution in [2.24, 2.45) is 11.8 Å². The third kappa shape index (κ3) is 1.28. The highest BCUT2D eigenvalue weighted by Crippen LogP contribution is 2.52. The fourth-order valence-corrected chi connectivity index (χ4v) is 3.27. The van der Waals surface area contributed by atoms with Crippen molar-refractivity contribution in [1.82, 2.24) is 4.98 Å². The first-order chi connectivity index (χ1) is 6.86. The number of hydrogen-bond donors (Lipinski definition) is 0. The number of oxazole rings is 1. The van der Waals surface area contributed by atoms with Crippen LogP contribution in [0.25, 0.3) is 0 Å². The molecule has 0 saturated heterocycles. The summed E-state index contributed by atoms with van der Waals surface area (Å²) < 4.78 is 5.63. The van der Waals surface area contributed by atoms with Crippen LogP contribution >= 0.6 is 11.6 Å². The Morgan fingerprint density at radius 1 is 1.43 bits per heavy atom. The second-order valence-corrected chi connectivity index (χ2v) is 4.84. The van der Waals surface area contributed by atoms with Gasteiger partial charge in [0.1, 0.15) is 5.76 Å². The van der Waals surface area contributed by atoms with Crippen molar-refractivity contribution in [3.8, 4) is 0 Å². The molecule has 1 aromatic heterocycles. The number of hydrogen-bond acceptors (Lipinski definition) is 2. The smallest absolute Gasteiger partial charge is 0.209 e. The van der Waals surface area contributed by atoms with Gasteiger partial charge in [0.05, 0.1) is 12.1 Å². The highest BCUT2D eigenvalue weighted by molar-refractivity contribution is 6.16. The Morgan fingerprint density at radius 2 is 2.36 bits per heavy atom. The minimum atomic E-state index is 0.390. The molecule has 0 spiro atoms. The number of halogens is 1. The molecule has 14 heavy (non-hydrogen) atoms. The number of aromatic nitrogens is 1. The summed E-state index contributed by atoms with van der Waals surface area (Å²) in [4.78, 5) is 4.16. The van der Waals surface area contributed by atoms with Gasteiger partial charge in [-0.15, -0.1) is 11.6 Å². The molecule has 2 bridgehead atoms. The molecule has 2 nitrogen and oxygen atoms in total. The molecule has 1 heterocycles. The Hall–Kier alpha value is -0.500. The van der Waals surface area contributed by atoms with Crippen molar-refractivity contribution in [3.63, 3.8) is 0 Å². The Morgan fingerprint density at radius 3 is 2.93 bits per heavy atom. The Labute approximate surface area is 88.7 Å². The van der Waals surface area contributed by atoms with Crippen molar-refractivity contribution in [2.75, 3.05) is 0 Å². The van der Waals surface area contributed by atoms with Crippen molar-refractivity contribution in [1.29, 1.82) is 0 Å². The molecule has 1 aromatic rings. The first kappa shape index (κ1) is 8.78. The minimum Gasteiger partial charge on any atom is -0.444 e. The topological polar surface area (TPSA) is 26.0 Å². The van der Waals surface area contributed by atoms with Gasteiger partial charge in [0.15, 0.2) is 0 Å². The molecule has 2 fully saturated rings. The molecule has 0 N–H and O–H groups in total. The van der Waals surface area contributed by atoms with Crippen LogP contribution in [0.4, 0.5) is 0 Å². The van der Waals surface area contributed by atoms with E-state index in [-0.39, 0.29) is 0 Å². The van der Waals surface area contributed by atoms with E-state index in [1.807, 2.05) is 6.20 Å². The van der Waals surface area contributed by atoms with Crippen molar-refractivity contribution in [3.05, 3.63) is 17.8 Å². The van der Waals surface area contributed by atoms with Crippen LogP contribution < -0.4 is 0 Å². The van der Waals surface area contributed by atoms with E-state index >= 15 is 0 Å². The number of alkyl halides is 1. The maximum Gasteiger partial charge on any atom is 0.209 e. The summed E-state index contributed by atoms with van der Waals surface area (Å²) in [5.74, 6) is 4.59. The van der Waals surface area contributed by atoms with Gasteiger partial charge in [0.25, 0.3) is 0 Å². The Kier molecular flexibility index (Phi) is 2.05. The fourth-order valence-electron chi connectivity index (χ4n) is 3.15. The molecule has 2 aliphatic rings. The molecule has 76 valence electrons. The summed E-state index contributed by atoms with van der Waals surface area (Å²) in [7, 11) is 0. The summed E-state index contributed by atoms with van der Waals surface area (Å²) in [5.41, 5.74) is 0. The van der Waals surface area contributed by atoms with Gasteiger partial charge >= 0.3 is 0 Å². The molecule has 3 rings (SSSR count). The Bertz CT molecular complexity index is 336. The van der Waals surface area contributed by atoms with Crippen LogP contribution in [0.3, 0.4) is 0 Å². The summed E-state index contributed by atoms with van der Waals surface area (Å²) >= 11 is 5.67. The molecule has 3 heteroatoms. The molecule has 2 aliphatic carbocycles. The number of rotatable bonds is 2. The van der Waals surface area contributed by atoms with Crippen LogP contribution in [0.15, 0.2) is 10.6 Å². The predicted molar refractivity (Wildman–Crippen MR) is 54.2 cm³/mol. The lowest BCUT2D eigenvalue weighted by Crippen LogP contribution is -2.07. The number of fused-ring (bicyclic) bond motifs is 2. The minimum absolute atomic E-state index is 0.390. The van der Waals surface area contributed by atoms with Gasteiger partial charge in [-0.3, -0.25) is 0 Å². The molecule has 0 amide bonds. The third-order valence-electron chi connectivity index (χ3n) is 3.79. The van der Waals surface area contributed by atoms with Gasteiger partial charge in [-0.1, -0.05) is 6.42 Å². The highest BCUT2D eigenvalue weighted by Gasteiger charge is 2.41. The van der Waals surface area contributed by atoms with E-state index in [1.54, 1.807) is 0 Å². The van der Waals surface area contributed by atoms with E-state index in [0.717, 1.165) is 17.6 Å². The lowest BCUT2D eigenvalue weighted by Gasteiger charge is -2.18. The maximum absolute atomic E-state index is 5.67. The summed E-state index contributed by atoms with van der Waals surface area (Å²) in [6.07, 6.45) is 7.40. The van der Waals surface area contributed by atoms with Crippen LogP contribution in [0.2, 0.25) is 0 Å². The van der Waals surface area contributed by atoms with Crippen LogP contribution in [-0.2, 0) is 5.88 Å². The van der Waals surface area contributed by atoms with Crippen molar-refractivity contribution >= 4 is 11.6 Å². The average Bonchev–Trinajstić information content (AvgIpc) is 2.93. The van der Waals surface area contributed by atoms with Crippen molar-refractivity contribution in [2.45, 2.75) is 37.5 Å². The normalized spacial score (nSPS) is 35.4. The van der Waals surface area contributed by atoms with E-state index < -0.39 is 0 Å². The SMILES string of the molecule is ClCc1ncc(C2CC3CCC2C3)o1. The second-order valence-electron chi connectivity index (χ2n) is 4.57. The summed E-state index contributed by atoms with van der Waals surface area (Å²) in [6.45, 7) is 0. The van der Waals surface area contributed by atoms with Crippen LogP contribution in [0, 0.1) is 11.8 Å². The van der Waals surface area contributed by atoms with E-state index in [4.69, 9.17) is 16.0 Å². The van der Waals surface area contributed by atoms with E-state index in [0.29, 0.717) is 17.7 Å². The van der Waals surface area contributed by atoms with Gasteiger partial charge in [-0.05, 0) is 31.1 Å². The average molecular weight is 212 g/mol. The molecule has 0 radical (unpaired) electrons. The lowest BCUT2D eigenvalue weighted by atomic mass is 9.87. The van der Waals surface area contributed by atoms with Crippen molar-refractivity contribution < 1.29 is 4.42 Å². The van der Waals surface area contributed by atoms with E-state index in [2.05, 4.69) is 4.98 Å². The molecule has 3 atom stereocenters. The third-order valence-corrected chi connectivity index (χ3v) is 4.02. The first-order valence-corrected chi connectivity index (χ1v) is 5.91. The van der Waals surface area contributed by atoms with Gasteiger partial charge in [0, 0.05) is 5.92 Å². The molecule has 0 aromatic carbocycles. The Balaban J connectivity index is 1.82. The first-order valence-electron chi connectivity index (χ1n) is 5.37. The monoisotopic (exact) mass is 211 g/mol. The van der Waals surface area contributed by atoms with Crippen LogP contribution in [0.5, 0.6) is 0 Å². The molecule has 2 saturated carbocycles. The van der Waals surface area contributed by atoms with Crippen LogP contribution in [-0.4, -0.2) is 4.98 Å². The lowest BCUT2D eigenvalue weighted by molar-refractivity contribution is 0.348. The highest BCUT2D eigenvalue weighted by atomic mass is 35.5. The van der Waals surface area contributed by atoms with Gasteiger partial charge in [-0.2, -0.15) is 0 Å². The molecular formula is C11H14ClNO. The van der Waals surface area contributed by atoms with Gasteiger partial charge in [-0.25, -0.2) is 4.98 Å². The molecule has 3 unspecified atom stereocenters. The standard InChI is InChI=1S/C11H14ClNO/c12-5-11-13-6-10(14-11)9-4-7-1-2-8(9)3-7/h6-9H,1-5H2. The number of nitrogens with zero attached hydrogens (tertiary/aromatic N) is 1. The maximum atomic E-state index is 5.67. The second kappa shape index (κ2) is 3.27. The molecular weight excluding hydrogens is 198 g/mol. The van der Waals surface area contributed by atoms with E-state index in [9.17, 15) is 0 Å². The summed E-state index contributed by atoms with van der Waals surface area (Å²) in [5, 5.41) is 0. The summed E-state index contributed by atoms with van der Waals surface area (Å²) in [6, 6.07) is 0. The zero-order valence-electron chi connectivity index (χ0n) is 8.08.